The van der Waals surface area contributed by atoms with Crippen molar-refractivity contribution in [1.29, 1.82) is 5.26 Å². The zero-order valence-electron chi connectivity index (χ0n) is 18.7. The first-order chi connectivity index (χ1) is 16.9. The number of hydrogen-bond donors (Lipinski definition) is 0. The number of halogens is 3. The summed E-state index contributed by atoms with van der Waals surface area (Å²) < 4.78 is 45.5. The third-order valence-electron chi connectivity index (χ3n) is 6.04. The van der Waals surface area contributed by atoms with E-state index in [1.54, 1.807) is 18.5 Å². The molecular weight excluding hydrogens is 459 g/mol. The number of hydrogen-bond acceptors (Lipinski definition) is 8. The molecule has 4 heterocycles. The highest BCUT2D eigenvalue weighted by atomic mass is 19.4. The Morgan fingerprint density at radius 3 is 2.31 bits per heavy atom. The predicted molar refractivity (Wildman–Crippen MR) is 121 cm³/mol. The van der Waals surface area contributed by atoms with Crippen molar-refractivity contribution in [2.75, 3.05) is 22.9 Å². The Kier molecular flexibility index (Phi) is 6.11. The van der Waals surface area contributed by atoms with E-state index in [-0.39, 0.29) is 12.1 Å². The Hall–Kier alpha value is -3.94. The average molecular weight is 481 g/mol. The van der Waals surface area contributed by atoms with Crippen LogP contribution in [0.15, 0.2) is 49.2 Å². The van der Waals surface area contributed by atoms with Crippen LogP contribution >= 0.6 is 0 Å². The normalized spacial score (nSPS) is 16.6. The van der Waals surface area contributed by atoms with E-state index in [0.29, 0.717) is 54.6 Å². The van der Waals surface area contributed by atoms with Crippen molar-refractivity contribution in [3.8, 4) is 11.8 Å². The minimum Gasteiger partial charge on any atom is -0.488 e. The van der Waals surface area contributed by atoms with Crippen LogP contribution in [0.5, 0.6) is 5.75 Å². The van der Waals surface area contributed by atoms with E-state index in [9.17, 15) is 13.2 Å². The molecule has 2 aliphatic rings. The van der Waals surface area contributed by atoms with Crippen molar-refractivity contribution in [3.63, 3.8) is 0 Å². The Morgan fingerprint density at radius 2 is 1.71 bits per heavy atom. The molecule has 5 rings (SSSR count). The lowest BCUT2D eigenvalue weighted by molar-refractivity contribution is -0.141. The highest BCUT2D eigenvalue weighted by molar-refractivity contribution is 5.69. The summed E-state index contributed by atoms with van der Waals surface area (Å²) in [6.45, 7) is 1.28. The molecule has 1 aliphatic heterocycles. The van der Waals surface area contributed by atoms with E-state index in [4.69, 9.17) is 10.00 Å². The van der Waals surface area contributed by atoms with Crippen LogP contribution in [0, 0.1) is 11.3 Å². The fraction of sp³-hybridized carbons (Fsp3) is 0.375. The van der Waals surface area contributed by atoms with Gasteiger partial charge in [-0.25, -0.2) is 15.0 Å². The van der Waals surface area contributed by atoms with Crippen LogP contribution in [-0.4, -0.2) is 45.2 Å². The van der Waals surface area contributed by atoms with Gasteiger partial charge in [0.2, 0.25) is 5.95 Å². The summed E-state index contributed by atoms with van der Waals surface area (Å²) in [5, 5.41) is 8.96. The molecule has 3 aromatic rings. The molecule has 0 atom stereocenters. The van der Waals surface area contributed by atoms with E-state index in [1.807, 2.05) is 15.9 Å². The zero-order chi connectivity index (χ0) is 24.4. The van der Waals surface area contributed by atoms with E-state index in [1.165, 1.54) is 24.7 Å². The third kappa shape index (κ3) is 5.11. The second-order valence-electron chi connectivity index (χ2n) is 8.53. The molecule has 1 saturated carbocycles. The van der Waals surface area contributed by atoms with Crippen molar-refractivity contribution in [2.24, 2.45) is 0 Å². The van der Waals surface area contributed by atoms with Gasteiger partial charge in [0.15, 0.2) is 0 Å². The quantitative estimate of drug-likeness (QED) is 0.508. The molecule has 0 aromatic carbocycles. The van der Waals surface area contributed by atoms with Crippen LogP contribution in [0.25, 0.3) is 0 Å². The molecule has 1 saturated heterocycles. The molecule has 0 spiro atoms. The summed E-state index contributed by atoms with van der Waals surface area (Å²) >= 11 is 0. The van der Waals surface area contributed by atoms with Crippen LogP contribution in [0.1, 0.15) is 36.9 Å². The molecular formula is C24H22F3N7O. The maximum Gasteiger partial charge on any atom is 0.433 e. The van der Waals surface area contributed by atoms with Crippen molar-refractivity contribution < 1.29 is 17.9 Å². The lowest BCUT2D eigenvalue weighted by Gasteiger charge is -2.40. The summed E-state index contributed by atoms with van der Waals surface area (Å²) in [7, 11) is 0. The summed E-state index contributed by atoms with van der Waals surface area (Å²) in [6, 6.07) is 6.21. The standard InChI is InChI=1S/C24H22F3N7O/c25-24(26,27)22-4-1-18(14-30-22)34(20-15-29-8-5-21(20)35-19-2-3-19)17-6-9-33(10-7-17)23-31-12-16(11-28)13-32-23/h1,4-5,8,12-15,17,19H,2-3,6-7,9-10H2. The van der Waals surface area contributed by atoms with Crippen LogP contribution in [0.3, 0.4) is 0 Å². The van der Waals surface area contributed by atoms with Gasteiger partial charge < -0.3 is 14.5 Å². The molecule has 35 heavy (non-hydrogen) atoms. The Morgan fingerprint density at radius 1 is 0.971 bits per heavy atom. The monoisotopic (exact) mass is 481 g/mol. The minimum absolute atomic E-state index is 0.0334. The molecule has 0 radical (unpaired) electrons. The number of pyridine rings is 2. The topological polar surface area (TPSA) is 91.1 Å². The van der Waals surface area contributed by atoms with E-state index < -0.39 is 11.9 Å². The van der Waals surface area contributed by atoms with Crippen LogP contribution in [-0.2, 0) is 6.18 Å². The van der Waals surface area contributed by atoms with Gasteiger partial charge in [-0.2, -0.15) is 18.4 Å². The molecule has 8 nitrogen and oxygen atoms in total. The summed E-state index contributed by atoms with van der Waals surface area (Å²) in [5.74, 6) is 1.20. The first-order valence-corrected chi connectivity index (χ1v) is 11.3. The van der Waals surface area contributed by atoms with Gasteiger partial charge in [0.25, 0.3) is 0 Å². The van der Waals surface area contributed by atoms with E-state index >= 15 is 0 Å². The van der Waals surface area contributed by atoms with Gasteiger partial charge in [0.05, 0.1) is 42.1 Å². The lowest BCUT2D eigenvalue weighted by atomic mass is 10.0. The number of nitrogens with zero attached hydrogens (tertiary/aromatic N) is 7. The number of rotatable bonds is 6. The van der Waals surface area contributed by atoms with Crippen molar-refractivity contribution in [3.05, 3.63) is 60.4 Å². The Balaban J connectivity index is 1.42. The molecule has 0 N–H and O–H groups in total. The van der Waals surface area contributed by atoms with Crippen LogP contribution < -0.4 is 14.5 Å². The third-order valence-corrected chi connectivity index (χ3v) is 6.04. The highest BCUT2D eigenvalue weighted by Crippen LogP contribution is 2.40. The summed E-state index contributed by atoms with van der Waals surface area (Å²) in [6.07, 6.45) is 6.57. The first kappa shape index (κ1) is 22.8. The largest absolute Gasteiger partial charge is 0.488 e. The van der Waals surface area contributed by atoms with Crippen LogP contribution in [0.4, 0.5) is 30.5 Å². The number of alkyl halides is 3. The number of anilines is 3. The second-order valence-corrected chi connectivity index (χ2v) is 8.53. The number of ether oxygens (including phenoxy) is 1. The molecule has 2 fully saturated rings. The average Bonchev–Trinajstić information content (AvgIpc) is 3.70. The van der Waals surface area contributed by atoms with Gasteiger partial charge in [-0.3, -0.25) is 4.98 Å². The second kappa shape index (κ2) is 9.37. The van der Waals surface area contributed by atoms with Crippen molar-refractivity contribution in [1.82, 2.24) is 19.9 Å². The SMILES string of the molecule is N#Cc1cnc(N2CCC(N(c3ccc(C(F)(F)F)nc3)c3cnccc3OC3CC3)CC2)nc1. The number of nitriles is 1. The maximum absolute atomic E-state index is 13.1. The van der Waals surface area contributed by atoms with Gasteiger partial charge in [-0.05, 0) is 37.8 Å². The Bertz CT molecular complexity index is 1200. The number of piperidine rings is 1. The van der Waals surface area contributed by atoms with Gasteiger partial charge >= 0.3 is 6.18 Å². The maximum atomic E-state index is 13.1. The van der Waals surface area contributed by atoms with Crippen LogP contribution in [0.2, 0.25) is 0 Å². The van der Waals surface area contributed by atoms with Gasteiger partial charge in [0.1, 0.15) is 23.2 Å². The smallest absolute Gasteiger partial charge is 0.433 e. The van der Waals surface area contributed by atoms with E-state index in [2.05, 4.69) is 19.9 Å². The zero-order valence-corrected chi connectivity index (χ0v) is 18.7. The first-order valence-electron chi connectivity index (χ1n) is 11.3. The van der Waals surface area contributed by atoms with Gasteiger partial charge in [0, 0.05) is 31.4 Å². The van der Waals surface area contributed by atoms with Gasteiger partial charge in [-0.15, -0.1) is 0 Å². The van der Waals surface area contributed by atoms with Gasteiger partial charge in [-0.1, -0.05) is 0 Å². The molecule has 0 amide bonds. The number of aromatic nitrogens is 4. The summed E-state index contributed by atoms with van der Waals surface area (Å²) in [4.78, 5) is 20.5. The van der Waals surface area contributed by atoms with Crippen molar-refractivity contribution in [2.45, 2.75) is 44.0 Å². The molecule has 0 bridgehead atoms. The molecule has 3 aromatic heterocycles. The minimum atomic E-state index is -4.51. The summed E-state index contributed by atoms with van der Waals surface area (Å²) in [5.41, 5.74) is 0.702. The Labute approximate surface area is 200 Å². The highest BCUT2D eigenvalue weighted by Gasteiger charge is 2.34. The van der Waals surface area contributed by atoms with Crippen molar-refractivity contribution >= 4 is 17.3 Å². The van der Waals surface area contributed by atoms with E-state index in [0.717, 1.165) is 18.9 Å². The molecule has 0 unspecified atom stereocenters. The molecule has 11 heteroatoms. The molecule has 1 aliphatic carbocycles. The lowest BCUT2D eigenvalue weighted by Crippen LogP contribution is -2.44. The molecule has 180 valence electrons. The fourth-order valence-corrected chi connectivity index (χ4v) is 4.13. The fourth-order valence-electron chi connectivity index (χ4n) is 4.13. The predicted octanol–water partition coefficient (Wildman–Crippen LogP) is 4.51.